The third-order valence-corrected chi connectivity index (χ3v) is 2.76. The van der Waals surface area contributed by atoms with E-state index < -0.39 is 12.2 Å². The zero-order valence-corrected chi connectivity index (χ0v) is 10.8. The summed E-state index contributed by atoms with van der Waals surface area (Å²) in [4.78, 5) is 0. The maximum atomic E-state index is 9.74. The lowest BCUT2D eigenvalue weighted by molar-refractivity contribution is -0.0131. The van der Waals surface area contributed by atoms with Crippen molar-refractivity contribution in [2.45, 2.75) is 39.4 Å². The molecule has 0 aromatic carbocycles. The molecule has 0 saturated heterocycles. The molecular formula is C12H26O4. The second kappa shape index (κ2) is 8.93. The van der Waals surface area contributed by atoms with Gasteiger partial charge in [-0.05, 0) is 25.2 Å². The molecule has 0 rings (SSSR count). The molecule has 0 aliphatic rings. The van der Waals surface area contributed by atoms with Gasteiger partial charge in [0.2, 0.25) is 0 Å². The van der Waals surface area contributed by atoms with Crippen molar-refractivity contribution in [2.24, 2.45) is 11.8 Å². The lowest BCUT2D eigenvalue weighted by Crippen LogP contribution is -2.29. The average Bonchev–Trinajstić information content (AvgIpc) is 2.20. The molecule has 0 spiro atoms. The van der Waals surface area contributed by atoms with Crippen LogP contribution in [0.2, 0.25) is 0 Å². The van der Waals surface area contributed by atoms with Crippen molar-refractivity contribution in [3.63, 3.8) is 0 Å². The van der Waals surface area contributed by atoms with Gasteiger partial charge < -0.3 is 19.7 Å². The molecule has 98 valence electrons. The predicted octanol–water partition coefficient (Wildman–Crippen LogP) is 1.05. The van der Waals surface area contributed by atoms with Crippen LogP contribution in [0.5, 0.6) is 0 Å². The summed E-state index contributed by atoms with van der Waals surface area (Å²) in [5.74, 6) is 0.467. The zero-order chi connectivity index (χ0) is 12.6. The van der Waals surface area contributed by atoms with Crippen molar-refractivity contribution in [3.05, 3.63) is 0 Å². The summed E-state index contributed by atoms with van der Waals surface area (Å²) in [5, 5.41) is 19.3. The third kappa shape index (κ3) is 7.17. The van der Waals surface area contributed by atoms with Crippen LogP contribution in [0.25, 0.3) is 0 Å². The summed E-state index contributed by atoms with van der Waals surface area (Å²) in [6.07, 6.45) is -0.338. The van der Waals surface area contributed by atoms with Crippen molar-refractivity contribution in [2.75, 3.05) is 26.9 Å². The van der Waals surface area contributed by atoms with Crippen molar-refractivity contribution < 1.29 is 19.7 Å². The van der Waals surface area contributed by atoms with Gasteiger partial charge in [-0.2, -0.15) is 0 Å². The van der Waals surface area contributed by atoms with Crippen LogP contribution in [0.1, 0.15) is 27.2 Å². The van der Waals surface area contributed by atoms with Crippen LogP contribution in [-0.4, -0.2) is 49.4 Å². The molecule has 0 fully saturated rings. The van der Waals surface area contributed by atoms with Gasteiger partial charge >= 0.3 is 0 Å². The van der Waals surface area contributed by atoms with Crippen molar-refractivity contribution >= 4 is 0 Å². The van der Waals surface area contributed by atoms with Gasteiger partial charge in [0.25, 0.3) is 0 Å². The quantitative estimate of drug-likeness (QED) is 0.586. The summed E-state index contributed by atoms with van der Waals surface area (Å²) >= 11 is 0. The Morgan fingerprint density at radius 2 is 1.69 bits per heavy atom. The van der Waals surface area contributed by atoms with Gasteiger partial charge in [-0.1, -0.05) is 13.8 Å². The molecule has 0 heterocycles. The smallest absolute Gasteiger partial charge is 0.0777 e. The molecule has 0 aliphatic heterocycles. The fraction of sp³-hybridized carbons (Fsp3) is 1.00. The second-order valence-electron chi connectivity index (χ2n) is 4.61. The van der Waals surface area contributed by atoms with Crippen LogP contribution < -0.4 is 0 Å². The first-order valence-corrected chi connectivity index (χ1v) is 5.91. The molecule has 0 bridgehead atoms. The van der Waals surface area contributed by atoms with Gasteiger partial charge in [0.15, 0.2) is 0 Å². The maximum Gasteiger partial charge on any atom is 0.0777 e. The first kappa shape index (κ1) is 15.8. The highest BCUT2D eigenvalue weighted by Gasteiger charge is 2.22. The lowest BCUT2D eigenvalue weighted by Gasteiger charge is -2.26. The van der Waals surface area contributed by atoms with E-state index in [-0.39, 0.29) is 5.92 Å². The average molecular weight is 234 g/mol. The fourth-order valence-electron chi connectivity index (χ4n) is 1.77. The van der Waals surface area contributed by atoms with Crippen LogP contribution >= 0.6 is 0 Å². The Kier molecular flexibility index (Phi) is 8.84. The SMILES string of the molecule is COCCOCC(O)CC(C(C)C)C(C)O. The minimum absolute atomic E-state index is 0.112. The fourth-order valence-corrected chi connectivity index (χ4v) is 1.77. The van der Waals surface area contributed by atoms with Crippen LogP contribution in [0.3, 0.4) is 0 Å². The number of methoxy groups -OCH3 is 1. The van der Waals surface area contributed by atoms with Crippen molar-refractivity contribution in [3.8, 4) is 0 Å². The van der Waals surface area contributed by atoms with E-state index in [9.17, 15) is 10.2 Å². The highest BCUT2D eigenvalue weighted by atomic mass is 16.5. The Morgan fingerprint density at radius 3 is 2.12 bits per heavy atom. The van der Waals surface area contributed by atoms with E-state index in [0.29, 0.717) is 32.2 Å². The van der Waals surface area contributed by atoms with Gasteiger partial charge in [0.05, 0.1) is 32.0 Å². The minimum atomic E-state index is -0.515. The van der Waals surface area contributed by atoms with Crippen LogP contribution in [0, 0.1) is 11.8 Å². The second-order valence-corrected chi connectivity index (χ2v) is 4.61. The Balaban J connectivity index is 3.78. The lowest BCUT2D eigenvalue weighted by atomic mass is 9.86. The molecule has 0 saturated carbocycles. The van der Waals surface area contributed by atoms with Crippen LogP contribution in [-0.2, 0) is 9.47 Å². The first-order chi connectivity index (χ1) is 7.49. The summed E-state index contributed by atoms with van der Waals surface area (Å²) in [7, 11) is 1.61. The van der Waals surface area contributed by atoms with Crippen molar-refractivity contribution in [1.29, 1.82) is 0 Å². The molecule has 0 aromatic heterocycles. The first-order valence-electron chi connectivity index (χ1n) is 5.91. The van der Waals surface area contributed by atoms with E-state index in [1.807, 2.05) is 0 Å². The zero-order valence-electron chi connectivity index (χ0n) is 10.8. The predicted molar refractivity (Wildman–Crippen MR) is 63.3 cm³/mol. The maximum absolute atomic E-state index is 9.74. The summed E-state index contributed by atoms with van der Waals surface area (Å²) in [6.45, 7) is 7.21. The van der Waals surface area contributed by atoms with Gasteiger partial charge in [-0.3, -0.25) is 0 Å². The summed E-state index contributed by atoms with van der Waals surface area (Å²) in [5.41, 5.74) is 0. The van der Waals surface area contributed by atoms with Crippen LogP contribution in [0.4, 0.5) is 0 Å². The molecule has 0 aliphatic carbocycles. The van der Waals surface area contributed by atoms with E-state index in [4.69, 9.17) is 9.47 Å². The van der Waals surface area contributed by atoms with Crippen molar-refractivity contribution in [1.82, 2.24) is 0 Å². The number of hydrogen-bond donors (Lipinski definition) is 2. The Bertz CT molecular complexity index is 151. The van der Waals surface area contributed by atoms with Gasteiger partial charge in [0, 0.05) is 7.11 Å². The third-order valence-electron chi connectivity index (χ3n) is 2.76. The number of aliphatic hydroxyl groups excluding tert-OH is 2. The monoisotopic (exact) mass is 234 g/mol. The molecule has 4 heteroatoms. The number of hydrogen-bond acceptors (Lipinski definition) is 4. The topological polar surface area (TPSA) is 58.9 Å². The van der Waals surface area contributed by atoms with Gasteiger partial charge in [-0.25, -0.2) is 0 Å². The van der Waals surface area contributed by atoms with E-state index >= 15 is 0 Å². The van der Waals surface area contributed by atoms with E-state index in [2.05, 4.69) is 13.8 Å². The number of aliphatic hydroxyl groups is 2. The normalized spacial score (nSPS) is 17.4. The van der Waals surface area contributed by atoms with E-state index in [0.717, 1.165) is 0 Å². The molecule has 0 aromatic rings. The standard InChI is InChI=1S/C12H26O4/c1-9(2)12(10(3)13)7-11(14)8-16-6-5-15-4/h9-14H,5-8H2,1-4H3. The molecule has 3 unspecified atom stereocenters. The molecule has 16 heavy (non-hydrogen) atoms. The van der Waals surface area contributed by atoms with Gasteiger partial charge in [0.1, 0.15) is 0 Å². The van der Waals surface area contributed by atoms with E-state index in [1.54, 1.807) is 14.0 Å². The van der Waals surface area contributed by atoms with Gasteiger partial charge in [-0.15, -0.1) is 0 Å². The summed E-state index contributed by atoms with van der Waals surface area (Å²) < 4.78 is 10.1. The van der Waals surface area contributed by atoms with Crippen LogP contribution in [0.15, 0.2) is 0 Å². The molecule has 4 nitrogen and oxygen atoms in total. The highest BCUT2D eigenvalue weighted by Crippen LogP contribution is 2.21. The largest absolute Gasteiger partial charge is 0.393 e. The minimum Gasteiger partial charge on any atom is -0.393 e. The van der Waals surface area contributed by atoms with E-state index in [1.165, 1.54) is 0 Å². The Hall–Kier alpha value is -0.160. The number of ether oxygens (including phenoxy) is 2. The highest BCUT2D eigenvalue weighted by molar-refractivity contribution is 4.72. The Labute approximate surface area is 98.6 Å². The summed E-state index contributed by atoms with van der Waals surface area (Å²) in [6, 6.07) is 0. The number of rotatable bonds is 9. The molecule has 0 amide bonds. The molecular weight excluding hydrogens is 208 g/mol. The Morgan fingerprint density at radius 1 is 1.06 bits per heavy atom. The molecule has 2 N–H and O–H groups in total. The molecule has 3 atom stereocenters. The molecule has 0 radical (unpaired) electrons.